The van der Waals surface area contributed by atoms with Gasteiger partial charge in [-0.25, -0.2) is 4.79 Å². The Morgan fingerprint density at radius 2 is 1.89 bits per heavy atom. The minimum atomic E-state index is -0.0998. The first-order valence-electron chi connectivity index (χ1n) is 6.26. The molecule has 1 aromatic rings. The van der Waals surface area contributed by atoms with Crippen molar-refractivity contribution in [3.05, 3.63) is 29.8 Å². The van der Waals surface area contributed by atoms with Crippen molar-refractivity contribution in [2.45, 2.75) is 20.3 Å². The van der Waals surface area contributed by atoms with Gasteiger partial charge in [0.1, 0.15) is 5.75 Å². The maximum atomic E-state index is 11.4. The summed E-state index contributed by atoms with van der Waals surface area (Å²) in [5.74, 6) is 1.32. The summed E-state index contributed by atoms with van der Waals surface area (Å²) in [5.41, 5.74) is 1.18. The van der Waals surface area contributed by atoms with Crippen molar-refractivity contribution in [1.82, 2.24) is 10.6 Å². The largest absolute Gasteiger partial charge is 0.497 e. The first-order chi connectivity index (χ1) is 8.61. The number of carbonyl (C=O) groups excluding carboxylic acids is 1. The van der Waals surface area contributed by atoms with Crippen LogP contribution in [0.3, 0.4) is 0 Å². The molecule has 0 aliphatic heterocycles. The van der Waals surface area contributed by atoms with E-state index < -0.39 is 0 Å². The molecule has 1 rings (SSSR count). The SMILES string of the molecule is COc1ccc(CCNC(=O)NCC(C)C)cc1. The molecule has 2 amide bonds. The zero-order chi connectivity index (χ0) is 13.4. The van der Waals surface area contributed by atoms with E-state index in [1.54, 1.807) is 7.11 Å². The van der Waals surface area contributed by atoms with Crippen LogP contribution in [-0.4, -0.2) is 26.2 Å². The molecule has 0 saturated heterocycles. The molecule has 18 heavy (non-hydrogen) atoms. The molecule has 0 aliphatic rings. The molecule has 0 atom stereocenters. The van der Waals surface area contributed by atoms with Crippen LogP contribution in [0.4, 0.5) is 4.79 Å². The summed E-state index contributed by atoms with van der Waals surface area (Å²) in [6, 6.07) is 7.76. The second kappa shape index (κ2) is 7.58. The Balaban J connectivity index is 2.22. The van der Waals surface area contributed by atoms with Crippen LogP contribution in [0.2, 0.25) is 0 Å². The van der Waals surface area contributed by atoms with Crippen LogP contribution in [0.1, 0.15) is 19.4 Å². The molecule has 0 fully saturated rings. The summed E-state index contributed by atoms with van der Waals surface area (Å²) in [7, 11) is 1.65. The van der Waals surface area contributed by atoms with E-state index in [2.05, 4.69) is 24.5 Å². The van der Waals surface area contributed by atoms with Crippen molar-refractivity contribution in [1.29, 1.82) is 0 Å². The van der Waals surface area contributed by atoms with Crippen LogP contribution in [0.5, 0.6) is 5.75 Å². The minimum Gasteiger partial charge on any atom is -0.497 e. The highest BCUT2D eigenvalue weighted by Crippen LogP contribution is 2.11. The van der Waals surface area contributed by atoms with Crippen molar-refractivity contribution in [2.24, 2.45) is 5.92 Å². The van der Waals surface area contributed by atoms with E-state index in [4.69, 9.17) is 4.74 Å². The summed E-state index contributed by atoms with van der Waals surface area (Å²) in [4.78, 5) is 11.4. The van der Waals surface area contributed by atoms with Gasteiger partial charge < -0.3 is 15.4 Å². The van der Waals surface area contributed by atoms with Gasteiger partial charge in [-0.15, -0.1) is 0 Å². The third-order valence-electron chi connectivity index (χ3n) is 2.53. The molecule has 4 nitrogen and oxygen atoms in total. The Morgan fingerprint density at radius 3 is 2.44 bits per heavy atom. The fraction of sp³-hybridized carbons (Fsp3) is 0.500. The Bertz CT molecular complexity index is 361. The monoisotopic (exact) mass is 250 g/mol. The van der Waals surface area contributed by atoms with Crippen molar-refractivity contribution in [3.8, 4) is 5.75 Å². The Hall–Kier alpha value is -1.71. The Kier molecular flexibility index (Phi) is 6.05. The molecular weight excluding hydrogens is 228 g/mol. The van der Waals surface area contributed by atoms with Gasteiger partial charge in [-0.05, 0) is 30.0 Å². The normalized spacial score (nSPS) is 10.2. The van der Waals surface area contributed by atoms with Crippen molar-refractivity contribution < 1.29 is 9.53 Å². The van der Waals surface area contributed by atoms with E-state index in [0.717, 1.165) is 12.2 Å². The highest BCUT2D eigenvalue weighted by atomic mass is 16.5. The van der Waals surface area contributed by atoms with E-state index >= 15 is 0 Å². The molecule has 0 radical (unpaired) electrons. The number of hydrogen-bond donors (Lipinski definition) is 2. The van der Waals surface area contributed by atoms with Crippen molar-refractivity contribution in [2.75, 3.05) is 20.2 Å². The molecular formula is C14H22N2O2. The molecule has 1 aromatic carbocycles. The first-order valence-corrected chi connectivity index (χ1v) is 6.26. The number of carbonyl (C=O) groups is 1. The molecule has 100 valence electrons. The average Bonchev–Trinajstić information content (AvgIpc) is 2.37. The van der Waals surface area contributed by atoms with Crippen LogP contribution >= 0.6 is 0 Å². The fourth-order valence-corrected chi connectivity index (χ4v) is 1.47. The van der Waals surface area contributed by atoms with Gasteiger partial charge >= 0.3 is 6.03 Å². The van der Waals surface area contributed by atoms with Crippen LogP contribution < -0.4 is 15.4 Å². The summed E-state index contributed by atoms with van der Waals surface area (Å²) in [6.45, 7) is 5.47. The van der Waals surface area contributed by atoms with E-state index in [0.29, 0.717) is 19.0 Å². The topological polar surface area (TPSA) is 50.4 Å². The highest BCUT2D eigenvalue weighted by molar-refractivity contribution is 5.73. The van der Waals surface area contributed by atoms with E-state index in [-0.39, 0.29) is 6.03 Å². The van der Waals surface area contributed by atoms with Crippen molar-refractivity contribution >= 4 is 6.03 Å². The van der Waals surface area contributed by atoms with Gasteiger partial charge in [0.2, 0.25) is 0 Å². The van der Waals surface area contributed by atoms with Crippen LogP contribution in [0.15, 0.2) is 24.3 Å². The first kappa shape index (κ1) is 14.4. The molecule has 0 aliphatic carbocycles. The van der Waals surface area contributed by atoms with Gasteiger partial charge in [0.15, 0.2) is 0 Å². The number of urea groups is 1. The lowest BCUT2D eigenvalue weighted by Crippen LogP contribution is -2.38. The number of nitrogens with one attached hydrogen (secondary N) is 2. The molecule has 0 saturated carbocycles. The maximum absolute atomic E-state index is 11.4. The van der Waals surface area contributed by atoms with Gasteiger partial charge in [0, 0.05) is 13.1 Å². The van der Waals surface area contributed by atoms with E-state index in [1.165, 1.54) is 5.56 Å². The van der Waals surface area contributed by atoms with E-state index in [9.17, 15) is 4.79 Å². The second-order valence-corrected chi connectivity index (χ2v) is 4.63. The van der Waals surface area contributed by atoms with E-state index in [1.807, 2.05) is 24.3 Å². The Morgan fingerprint density at radius 1 is 1.22 bits per heavy atom. The molecule has 0 spiro atoms. The minimum absolute atomic E-state index is 0.0998. The number of ether oxygens (including phenoxy) is 1. The third kappa shape index (κ3) is 5.57. The molecule has 4 heteroatoms. The lowest BCUT2D eigenvalue weighted by Gasteiger charge is -2.09. The Labute approximate surface area is 109 Å². The zero-order valence-electron chi connectivity index (χ0n) is 11.3. The standard InChI is InChI=1S/C14H22N2O2/c1-11(2)10-16-14(17)15-9-8-12-4-6-13(18-3)7-5-12/h4-7,11H,8-10H2,1-3H3,(H2,15,16,17). The second-order valence-electron chi connectivity index (χ2n) is 4.63. The number of benzene rings is 1. The molecule has 0 heterocycles. The summed E-state index contributed by atoms with van der Waals surface area (Å²) in [6.07, 6.45) is 0.819. The van der Waals surface area contributed by atoms with Crippen molar-refractivity contribution in [3.63, 3.8) is 0 Å². The van der Waals surface area contributed by atoms with Gasteiger partial charge in [0.05, 0.1) is 7.11 Å². The number of hydrogen-bond acceptors (Lipinski definition) is 2. The molecule has 0 unspecified atom stereocenters. The average molecular weight is 250 g/mol. The van der Waals surface area contributed by atoms with Crippen LogP contribution in [0, 0.1) is 5.92 Å². The molecule has 0 bridgehead atoms. The van der Waals surface area contributed by atoms with Crippen LogP contribution in [0.25, 0.3) is 0 Å². The predicted octanol–water partition coefficient (Wildman–Crippen LogP) is 2.19. The van der Waals surface area contributed by atoms with Gasteiger partial charge in [-0.2, -0.15) is 0 Å². The number of amides is 2. The summed E-state index contributed by atoms with van der Waals surface area (Å²) < 4.78 is 5.09. The smallest absolute Gasteiger partial charge is 0.314 e. The summed E-state index contributed by atoms with van der Waals surface area (Å²) in [5, 5.41) is 5.65. The highest BCUT2D eigenvalue weighted by Gasteiger charge is 2.01. The van der Waals surface area contributed by atoms with Gasteiger partial charge in [-0.3, -0.25) is 0 Å². The fourth-order valence-electron chi connectivity index (χ4n) is 1.47. The molecule has 2 N–H and O–H groups in total. The van der Waals surface area contributed by atoms with Gasteiger partial charge in [-0.1, -0.05) is 26.0 Å². The lowest BCUT2D eigenvalue weighted by atomic mass is 10.1. The van der Waals surface area contributed by atoms with Gasteiger partial charge in [0.25, 0.3) is 0 Å². The number of methoxy groups -OCH3 is 1. The molecule has 0 aromatic heterocycles. The third-order valence-corrected chi connectivity index (χ3v) is 2.53. The maximum Gasteiger partial charge on any atom is 0.314 e. The number of rotatable bonds is 6. The summed E-state index contributed by atoms with van der Waals surface area (Å²) >= 11 is 0. The zero-order valence-corrected chi connectivity index (χ0v) is 11.3. The predicted molar refractivity (Wildman–Crippen MR) is 72.9 cm³/mol. The quantitative estimate of drug-likeness (QED) is 0.813. The van der Waals surface area contributed by atoms with Crippen LogP contribution in [-0.2, 0) is 6.42 Å². The lowest BCUT2D eigenvalue weighted by molar-refractivity contribution is 0.239.